The van der Waals surface area contributed by atoms with Gasteiger partial charge in [0.1, 0.15) is 11.6 Å². The Morgan fingerprint density at radius 1 is 1.26 bits per heavy atom. The standard InChI is InChI=1S/C19H26F2N6O3.HI/c1-4-5-6-22-19(24-10-17-26-25-12(2)27(17)3)23-9-13-7-15-16(29-11-28-15)8-14(13)30-18(20)21;/h7-8,18H,4-6,9-11H2,1-3H3,(H2,22,23,24);1H. The zero-order valence-electron chi connectivity index (χ0n) is 17.7. The molecule has 0 amide bonds. The van der Waals surface area contributed by atoms with E-state index in [0.717, 1.165) is 31.0 Å². The first kappa shape index (κ1) is 24.9. The van der Waals surface area contributed by atoms with Crippen LogP contribution in [0, 0.1) is 6.92 Å². The molecule has 1 aliphatic heterocycles. The van der Waals surface area contributed by atoms with Crippen molar-refractivity contribution in [1.82, 2.24) is 25.4 Å². The molecule has 1 aliphatic rings. The molecule has 0 fully saturated rings. The molecular weight excluding hydrogens is 525 g/mol. The van der Waals surface area contributed by atoms with Crippen LogP contribution in [0.2, 0.25) is 0 Å². The molecule has 0 aliphatic carbocycles. The highest BCUT2D eigenvalue weighted by Gasteiger charge is 2.20. The Balaban J connectivity index is 0.00000341. The van der Waals surface area contributed by atoms with Crippen LogP contribution in [0.5, 0.6) is 17.2 Å². The van der Waals surface area contributed by atoms with Crippen LogP contribution in [-0.4, -0.2) is 40.7 Å². The number of nitrogens with zero attached hydrogens (tertiary/aromatic N) is 4. The summed E-state index contributed by atoms with van der Waals surface area (Å²) < 4.78 is 42.8. The molecule has 0 spiro atoms. The number of benzene rings is 1. The fourth-order valence-electron chi connectivity index (χ4n) is 2.78. The van der Waals surface area contributed by atoms with Crippen molar-refractivity contribution in [3.63, 3.8) is 0 Å². The maximum Gasteiger partial charge on any atom is 0.387 e. The number of aliphatic imine (C=N–C) groups is 1. The van der Waals surface area contributed by atoms with Crippen molar-refractivity contribution in [2.75, 3.05) is 13.3 Å². The topological polar surface area (TPSA) is 94.8 Å². The summed E-state index contributed by atoms with van der Waals surface area (Å²) >= 11 is 0. The quantitative estimate of drug-likeness (QED) is 0.214. The lowest BCUT2D eigenvalue weighted by Crippen LogP contribution is -2.38. The molecule has 1 aromatic carbocycles. The van der Waals surface area contributed by atoms with E-state index in [1.807, 2.05) is 18.5 Å². The largest absolute Gasteiger partial charge is 0.454 e. The van der Waals surface area contributed by atoms with E-state index in [0.29, 0.717) is 29.6 Å². The Morgan fingerprint density at radius 2 is 2.00 bits per heavy atom. The Kier molecular flexibility index (Phi) is 9.52. The number of fused-ring (bicyclic) bond motifs is 1. The van der Waals surface area contributed by atoms with Crippen molar-refractivity contribution in [1.29, 1.82) is 0 Å². The van der Waals surface area contributed by atoms with Gasteiger partial charge in [0.25, 0.3) is 0 Å². The highest BCUT2D eigenvalue weighted by Crippen LogP contribution is 2.39. The van der Waals surface area contributed by atoms with Crippen molar-refractivity contribution in [2.24, 2.45) is 12.0 Å². The first-order valence-corrected chi connectivity index (χ1v) is 9.72. The summed E-state index contributed by atoms with van der Waals surface area (Å²) in [5.74, 6) is 2.94. The van der Waals surface area contributed by atoms with Gasteiger partial charge in [-0.1, -0.05) is 13.3 Å². The van der Waals surface area contributed by atoms with Gasteiger partial charge in [0.2, 0.25) is 6.79 Å². The van der Waals surface area contributed by atoms with Crippen molar-refractivity contribution in [2.45, 2.75) is 46.4 Å². The lowest BCUT2D eigenvalue weighted by Gasteiger charge is -2.14. The van der Waals surface area contributed by atoms with Gasteiger partial charge in [-0.15, -0.1) is 34.2 Å². The summed E-state index contributed by atoms with van der Waals surface area (Å²) in [4.78, 5) is 4.53. The molecule has 2 aromatic rings. The van der Waals surface area contributed by atoms with Crippen LogP contribution in [0.25, 0.3) is 0 Å². The van der Waals surface area contributed by atoms with Crippen molar-refractivity contribution >= 4 is 29.9 Å². The Labute approximate surface area is 196 Å². The number of alkyl halides is 2. The number of hydrogen-bond acceptors (Lipinski definition) is 6. The normalized spacial score (nSPS) is 12.6. The monoisotopic (exact) mass is 552 g/mol. The minimum absolute atomic E-state index is 0. The van der Waals surface area contributed by atoms with Gasteiger partial charge in [0.05, 0.1) is 13.1 Å². The number of unbranched alkanes of at least 4 members (excludes halogenated alkanes) is 1. The highest BCUT2D eigenvalue weighted by atomic mass is 127. The molecule has 0 saturated carbocycles. The lowest BCUT2D eigenvalue weighted by molar-refractivity contribution is -0.0505. The maximum absolute atomic E-state index is 12.8. The van der Waals surface area contributed by atoms with Gasteiger partial charge in [0, 0.05) is 25.2 Å². The average molecular weight is 552 g/mol. The molecule has 0 unspecified atom stereocenters. The molecule has 12 heteroatoms. The third kappa shape index (κ3) is 6.80. The summed E-state index contributed by atoms with van der Waals surface area (Å²) in [6, 6.07) is 3.01. The van der Waals surface area contributed by atoms with E-state index in [-0.39, 0.29) is 43.1 Å². The molecule has 2 heterocycles. The summed E-state index contributed by atoms with van der Waals surface area (Å²) in [5, 5.41) is 14.6. The fourth-order valence-corrected chi connectivity index (χ4v) is 2.78. The predicted octanol–water partition coefficient (Wildman–Crippen LogP) is 3.11. The molecule has 0 radical (unpaired) electrons. The SMILES string of the molecule is CCCCNC(=NCc1cc2c(cc1OC(F)F)OCO2)NCc1nnc(C)n1C.I. The van der Waals surface area contributed by atoms with Gasteiger partial charge in [-0.2, -0.15) is 8.78 Å². The Hall–Kier alpha value is -2.38. The number of guanidine groups is 1. The van der Waals surface area contributed by atoms with E-state index in [9.17, 15) is 8.78 Å². The molecule has 9 nitrogen and oxygen atoms in total. The second-order valence-electron chi connectivity index (χ2n) is 6.71. The first-order valence-electron chi connectivity index (χ1n) is 9.72. The van der Waals surface area contributed by atoms with Crippen molar-refractivity contribution in [3.8, 4) is 17.2 Å². The Morgan fingerprint density at radius 3 is 2.65 bits per heavy atom. The second kappa shape index (κ2) is 11.9. The number of nitrogens with one attached hydrogen (secondary N) is 2. The molecule has 0 saturated heterocycles. The van der Waals surface area contributed by atoms with Gasteiger partial charge in [-0.25, -0.2) is 4.99 Å². The first-order chi connectivity index (χ1) is 14.5. The van der Waals surface area contributed by atoms with Crippen LogP contribution in [0.4, 0.5) is 8.78 Å². The van der Waals surface area contributed by atoms with E-state index >= 15 is 0 Å². The van der Waals surface area contributed by atoms with E-state index in [1.54, 1.807) is 6.07 Å². The number of ether oxygens (including phenoxy) is 3. The molecule has 3 rings (SSSR count). The summed E-state index contributed by atoms with van der Waals surface area (Å²) in [6.07, 6.45) is 1.99. The van der Waals surface area contributed by atoms with E-state index in [2.05, 4.69) is 37.5 Å². The molecule has 2 N–H and O–H groups in total. The summed E-state index contributed by atoms with van der Waals surface area (Å²) in [5.41, 5.74) is 0.464. The summed E-state index contributed by atoms with van der Waals surface area (Å²) in [6.45, 7) is 2.30. The van der Waals surface area contributed by atoms with Crippen LogP contribution >= 0.6 is 24.0 Å². The van der Waals surface area contributed by atoms with E-state index < -0.39 is 6.61 Å². The van der Waals surface area contributed by atoms with Crippen molar-refractivity contribution in [3.05, 3.63) is 29.3 Å². The van der Waals surface area contributed by atoms with Crippen LogP contribution in [0.3, 0.4) is 0 Å². The maximum atomic E-state index is 12.8. The van der Waals surface area contributed by atoms with Gasteiger partial charge in [0.15, 0.2) is 23.3 Å². The lowest BCUT2D eigenvalue weighted by atomic mass is 10.1. The zero-order chi connectivity index (χ0) is 21.5. The minimum atomic E-state index is -2.95. The minimum Gasteiger partial charge on any atom is -0.454 e. The number of hydrogen-bond donors (Lipinski definition) is 2. The molecule has 1 aromatic heterocycles. The average Bonchev–Trinajstić information content (AvgIpc) is 3.29. The molecule has 0 atom stereocenters. The van der Waals surface area contributed by atoms with Gasteiger partial charge in [-0.3, -0.25) is 0 Å². The highest BCUT2D eigenvalue weighted by molar-refractivity contribution is 14.0. The van der Waals surface area contributed by atoms with Crippen molar-refractivity contribution < 1.29 is 23.0 Å². The smallest absolute Gasteiger partial charge is 0.387 e. The second-order valence-corrected chi connectivity index (χ2v) is 6.71. The van der Waals surface area contributed by atoms with Gasteiger partial charge >= 0.3 is 6.61 Å². The Bertz CT molecular complexity index is 894. The zero-order valence-corrected chi connectivity index (χ0v) is 20.0. The number of rotatable bonds is 9. The third-order valence-corrected chi connectivity index (χ3v) is 4.60. The molecule has 31 heavy (non-hydrogen) atoms. The van der Waals surface area contributed by atoms with Crippen LogP contribution < -0.4 is 24.8 Å². The molecular formula is C19H27F2IN6O3. The number of aromatic nitrogens is 3. The van der Waals surface area contributed by atoms with Crippen LogP contribution in [-0.2, 0) is 20.1 Å². The third-order valence-electron chi connectivity index (χ3n) is 4.60. The number of halogens is 3. The van der Waals surface area contributed by atoms with Gasteiger partial charge in [-0.05, 0) is 19.4 Å². The van der Waals surface area contributed by atoms with Gasteiger partial charge < -0.3 is 29.4 Å². The number of aryl methyl sites for hydroxylation is 1. The van der Waals surface area contributed by atoms with E-state index in [4.69, 9.17) is 9.47 Å². The molecule has 172 valence electrons. The van der Waals surface area contributed by atoms with Crippen LogP contribution in [0.1, 0.15) is 37.0 Å². The van der Waals surface area contributed by atoms with Crippen LogP contribution in [0.15, 0.2) is 17.1 Å². The molecule has 0 bridgehead atoms. The van der Waals surface area contributed by atoms with E-state index in [1.165, 1.54) is 6.07 Å². The fraction of sp³-hybridized carbons (Fsp3) is 0.526. The summed E-state index contributed by atoms with van der Waals surface area (Å²) in [7, 11) is 1.88. The predicted molar refractivity (Wildman–Crippen MR) is 121 cm³/mol.